The van der Waals surface area contributed by atoms with E-state index in [0.29, 0.717) is 6.61 Å². The maximum absolute atomic E-state index is 6.12. The van der Waals surface area contributed by atoms with Crippen LogP contribution in [0.1, 0.15) is 25.0 Å². The van der Waals surface area contributed by atoms with Crippen molar-refractivity contribution in [3.05, 3.63) is 175 Å². The molecule has 0 bridgehead atoms. The predicted molar refractivity (Wildman–Crippen MR) is 195 cm³/mol. The van der Waals surface area contributed by atoms with Crippen LogP contribution < -0.4 is 30.7 Å². The molecular formula is C42H39O2P. The van der Waals surface area contributed by atoms with Crippen LogP contribution in [0.25, 0.3) is 17.2 Å². The zero-order valence-corrected chi connectivity index (χ0v) is 26.9. The minimum absolute atomic E-state index is 0.103. The van der Waals surface area contributed by atoms with Gasteiger partial charge in [-0.3, -0.25) is 0 Å². The third-order valence-electron chi connectivity index (χ3n) is 8.19. The molecule has 6 aromatic carbocycles. The van der Waals surface area contributed by atoms with Gasteiger partial charge in [-0.1, -0.05) is 12.7 Å². The third kappa shape index (κ3) is 6.48. The van der Waals surface area contributed by atoms with Crippen molar-refractivity contribution in [3.8, 4) is 22.6 Å². The van der Waals surface area contributed by atoms with Crippen molar-refractivity contribution in [2.45, 2.75) is 26.6 Å². The molecule has 0 radical (unpaired) electrons. The van der Waals surface area contributed by atoms with Crippen molar-refractivity contribution in [2.75, 3.05) is 0 Å². The van der Waals surface area contributed by atoms with E-state index in [9.17, 15) is 0 Å². The number of ether oxygens (including phenoxy) is 2. The maximum atomic E-state index is 6.12. The predicted octanol–water partition coefficient (Wildman–Crippen LogP) is 8.71. The van der Waals surface area contributed by atoms with E-state index in [-0.39, 0.29) is 6.10 Å². The Hall–Kier alpha value is -4.91. The number of benzene rings is 6. The van der Waals surface area contributed by atoms with Crippen molar-refractivity contribution < 1.29 is 9.47 Å². The Morgan fingerprint density at radius 3 is 1.51 bits per heavy atom. The first-order valence-corrected chi connectivity index (χ1v) is 17.5. The minimum atomic E-state index is -2.53. The second kappa shape index (κ2) is 13.8. The van der Waals surface area contributed by atoms with Crippen LogP contribution in [0.2, 0.25) is 0 Å². The van der Waals surface area contributed by atoms with Crippen molar-refractivity contribution in [2.24, 2.45) is 0 Å². The van der Waals surface area contributed by atoms with Crippen LogP contribution >= 0.6 is 7.26 Å². The van der Waals surface area contributed by atoms with Crippen LogP contribution in [-0.2, 0) is 6.61 Å². The molecule has 0 amide bonds. The van der Waals surface area contributed by atoms with Gasteiger partial charge in [0.25, 0.3) is 0 Å². The Bertz CT molecular complexity index is 1730. The van der Waals surface area contributed by atoms with Gasteiger partial charge in [0.05, 0.1) is 6.10 Å². The van der Waals surface area contributed by atoms with Gasteiger partial charge in [0, 0.05) is 5.56 Å². The first-order valence-electron chi connectivity index (χ1n) is 15.5. The van der Waals surface area contributed by atoms with Gasteiger partial charge in [-0.2, -0.15) is 0 Å². The van der Waals surface area contributed by atoms with E-state index >= 15 is 0 Å². The molecule has 2 nitrogen and oxygen atoms in total. The molecular weight excluding hydrogens is 567 g/mol. The fraction of sp³-hybridized carbons (Fsp3) is 0.0952. The molecule has 0 N–H and O–H groups in total. The first-order chi connectivity index (χ1) is 22.1. The molecule has 0 unspecified atom stereocenters. The molecule has 6 aromatic rings. The summed E-state index contributed by atoms with van der Waals surface area (Å²) < 4.78 is 12.0. The zero-order chi connectivity index (χ0) is 31.1. The normalized spacial score (nSPS) is 11.6. The molecule has 0 fully saturated rings. The molecule has 0 aromatic heterocycles. The zero-order valence-electron chi connectivity index (χ0n) is 25.9. The molecule has 0 saturated carbocycles. The Morgan fingerprint density at radius 1 is 0.578 bits per heavy atom. The van der Waals surface area contributed by atoms with Gasteiger partial charge in [-0.15, -0.1) is 0 Å². The van der Waals surface area contributed by atoms with Crippen LogP contribution in [0.15, 0.2) is 164 Å². The van der Waals surface area contributed by atoms with Gasteiger partial charge in [-0.25, -0.2) is 0 Å². The average molecular weight is 607 g/mol. The van der Waals surface area contributed by atoms with E-state index in [1.54, 1.807) is 6.08 Å². The quantitative estimate of drug-likeness (QED) is 0.137. The van der Waals surface area contributed by atoms with Crippen LogP contribution in [0.4, 0.5) is 0 Å². The minimum Gasteiger partial charge on any atom is -0.490 e. The summed E-state index contributed by atoms with van der Waals surface area (Å²) in [6, 6.07) is 56.8. The fourth-order valence-corrected chi connectivity index (χ4v) is 10.8. The molecule has 0 aliphatic carbocycles. The molecule has 0 spiro atoms. The summed E-state index contributed by atoms with van der Waals surface area (Å²) in [5.74, 6) is 1.61. The van der Waals surface area contributed by atoms with Gasteiger partial charge < -0.3 is 4.74 Å². The summed E-state index contributed by atoms with van der Waals surface area (Å²) in [5.41, 5.74) is 4.42. The number of hydrogen-bond donors (Lipinski definition) is 0. The monoisotopic (exact) mass is 606 g/mol. The smallest absolute Gasteiger partial charge is 0.490 e. The molecule has 224 valence electrons. The molecule has 3 heteroatoms. The summed E-state index contributed by atoms with van der Waals surface area (Å²) >= 11 is 0. The summed E-state index contributed by atoms with van der Waals surface area (Å²) in [6.07, 6.45) is 1.91. The van der Waals surface area contributed by atoms with Crippen LogP contribution in [0.3, 0.4) is 0 Å². The average Bonchev–Trinajstić information content (AvgIpc) is 3.10. The molecule has 0 atom stereocenters. The van der Waals surface area contributed by atoms with Gasteiger partial charge in [0.15, 0.2) is 0 Å². The van der Waals surface area contributed by atoms with Gasteiger partial charge in [0.1, 0.15) is 5.75 Å². The summed E-state index contributed by atoms with van der Waals surface area (Å²) in [7, 11) is -2.53. The van der Waals surface area contributed by atoms with E-state index in [4.69, 9.17) is 9.47 Å². The van der Waals surface area contributed by atoms with E-state index in [0.717, 1.165) is 22.6 Å². The van der Waals surface area contributed by atoms with Crippen molar-refractivity contribution in [1.82, 2.24) is 0 Å². The number of hydrogen-bond acceptors (Lipinski definition) is 2. The molecule has 6 rings (SSSR count). The molecule has 0 aliphatic rings. The second-order valence-electron chi connectivity index (χ2n) is 11.5. The van der Waals surface area contributed by atoms with Crippen molar-refractivity contribution >= 4 is 34.6 Å². The molecule has 45 heavy (non-hydrogen) atoms. The summed E-state index contributed by atoms with van der Waals surface area (Å²) in [4.78, 5) is 0. The molecule has 0 aliphatic heterocycles. The van der Waals surface area contributed by atoms with Crippen LogP contribution in [0.5, 0.6) is 11.5 Å². The van der Waals surface area contributed by atoms with Gasteiger partial charge in [0.2, 0.25) is 0 Å². The van der Waals surface area contributed by atoms with Crippen molar-refractivity contribution in [3.63, 3.8) is 0 Å². The third-order valence-corrected chi connectivity index (χ3v) is 13.0. The van der Waals surface area contributed by atoms with Crippen molar-refractivity contribution in [1.29, 1.82) is 0 Å². The standard InChI is InChI=1S/C42H39O2P/c1-4-34-30-37(26-29-42(34)44-32(2)3)43-31-33-20-22-35(23-21-33)36-24-27-41(28-25-36)45(38-14-8-5-9-15-38,39-16-10-6-11-17-39)40-18-12-7-13-19-40/h4-30,32,45H,1,31H2,2-3H3. The van der Waals surface area contributed by atoms with Crippen LogP contribution in [0, 0.1) is 0 Å². The van der Waals surface area contributed by atoms with E-state index in [1.807, 2.05) is 32.0 Å². The Morgan fingerprint density at radius 2 is 1.04 bits per heavy atom. The summed E-state index contributed by atoms with van der Waals surface area (Å²) in [6.45, 7) is 8.45. The fourth-order valence-electron chi connectivity index (χ4n) is 6.07. The SMILES string of the molecule is C=Cc1cc(OCc2ccc(-c3ccc([PH](c4ccccc4)(c4ccccc4)c4ccccc4)cc3)cc2)ccc1OC(C)C. The van der Waals surface area contributed by atoms with Gasteiger partial charge >= 0.3 is 214 Å². The molecule has 0 saturated heterocycles. The summed E-state index contributed by atoms with van der Waals surface area (Å²) in [5, 5.41) is 5.49. The van der Waals surface area contributed by atoms with E-state index < -0.39 is 7.26 Å². The first kappa shape index (κ1) is 30.1. The van der Waals surface area contributed by atoms with Crippen LogP contribution in [-0.4, -0.2) is 6.10 Å². The topological polar surface area (TPSA) is 18.5 Å². The van der Waals surface area contributed by atoms with Gasteiger partial charge in [-0.05, 0) is 19.9 Å². The van der Waals surface area contributed by atoms with E-state index in [1.165, 1.54) is 32.3 Å². The van der Waals surface area contributed by atoms with E-state index in [2.05, 4.69) is 146 Å². The Kier molecular flexibility index (Phi) is 9.24. The Labute approximate surface area is 268 Å². The Balaban J connectivity index is 1.27. The number of rotatable bonds is 11. The second-order valence-corrected chi connectivity index (χ2v) is 15.3. The molecule has 0 heterocycles.